The zero-order valence-corrected chi connectivity index (χ0v) is 14.3. The number of pyridine rings is 1. The summed E-state index contributed by atoms with van der Waals surface area (Å²) in [5.41, 5.74) is 4.72. The number of hydrogen-bond acceptors (Lipinski definition) is 4. The van der Waals surface area contributed by atoms with E-state index in [1.165, 1.54) is 11.1 Å². The van der Waals surface area contributed by atoms with E-state index in [1.54, 1.807) is 12.4 Å². The molecule has 126 valence electrons. The Bertz CT molecular complexity index is 1080. The van der Waals surface area contributed by atoms with E-state index in [9.17, 15) is 0 Å². The lowest BCUT2D eigenvalue weighted by Crippen LogP contribution is -2.10. The molecule has 0 saturated heterocycles. The summed E-state index contributed by atoms with van der Waals surface area (Å²) in [6, 6.07) is 21.0. The molecular formula is C22H18N4. The fraction of sp³-hybridized carbons (Fsp3) is 0.136. The van der Waals surface area contributed by atoms with Gasteiger partial charge in [-0.25, -0.2) is 9.97 Å². The predicted molar refractivity (Wildman–Crippen MR) is 104 cm³/mol. The minimum atomic E-state index is 0.287. The van der Waals surface area contributed by atoms with Crippen molar-refractivity contribution in [3.63, 3.8) is 0 Å². The van der Waals surface area contributed by atoms with Gasteiger partial charge in [-0.3, -0.25) is 4.98 Å². The summed E-state index contributed by atoms with van der Waals surface area (Å²) in [5, 5.41) is 4.73. The molecule has 1 aliphatic carbocycles. The van der Waals surface area contributed by atoms with Crippen LogP contribution in [0.3, 0.4) is 0 Å². The van der Waals surface area contributed by atoms with Crippen LogP contribution in [-0.2, 0) is 6.42 Å². The lowest BCUT2D eigenvalue weighted by atomic mass is 10.1. The van der Waals surface area contributed by atoms with Crippen LogP contribution in [0.1, 0.15) is 23.6 Å². The molecule has 0 radical (unpaired) electrons. The lowest BCUT2D eigenvalue weighted by Gasteiger charge is -2.17. The van der Waals surface area contributed by atoms with E-state index in [2.05, 4.69) is 40.6 Å². The van der Waals surface area contributed by atoms with Crippen LogP contribution < -0.4 is 5.32 Å². The number of fused-ring (bicyclic) bond motifs is 2. The molecular weight excluding hydrogens is 320 g/mol. The third kappa shape index (κ3) is 2.60. The minimum absolute atomic E-state index is 0.287. The van der Waals surface area contributed by atoms with Crippen LogP contribution in [0.4, 0.5) is 5.82 Å². The highest BCUT2D eigenvalue weighted by molar-refractivity contribution is 5.90. The van der Waals surface area contributed by atoms with Crippen LogP contribution in [-0.4, -0.2) is 15.0 Å². The fourth-order valence-electron chi connectivity index (χ4n) is 3.69. The van der Waals surface area contributed by atoms with E-state index >= 15 is 0 Å². The van der Waals surface area contributed by atoms with Crippen molar-refractivity contribution in [1.29, 1.82) is 0 Å². The van der Waals surface area contributed by atoms with Gasteiger partial charge in [0.25, 0.3) is 0 Å². The normalized spacial score (nSPS) is 15.8. The summed E-state index contributed by atoms with van der Waals surface area (Å²) in [7, 11) is 0. The second-order valence-corrected chi connectivity index (χ2v) is 6.58. The van der Waals surface area contributed by atoms with Crippen LogP contribution in [0, 0.1) is 0 Å². The van der Waals surface area contributed by atoms with Crippen molar-refractivity contribution < 1.29 is 0 Å². The van der Waals surface area contributed by atoms with Crippen molar-refractivity contribution in [3.8, 4) is 11.4 Å². The van der Waals surface area contributed by atoms with E-state index in [1.807, 2.05) is 30.3 Å². The van der Waals surface area contributed by atoms with Crippen LogP contribution >= 0.6 is 0 Å². The first-order valence-corrected chi connectivity index (χ1v) is 8.90. The molecule has 2 heterocycles. The van der Waals surface area contributed by atoms with E-state index in [0.29, 0.717) is 0 Å². The molecule has 0 bridgehead atoms. The second kappa shape index (κ2) is 6.23. The molecule has 4 aromatic rings. The zero-order chi connectivity index (χ0) is 17.3. The number of anilines is 1. The second-order valence-electron chi connectivity index (χ2n) is 6.58. The van der Waals surface area contributed by atoms with Gasteiger partial charge in [0.05, 0.1) is 11.6 Å². The third-order valence-electron chi connectivity index (χ3n) is 4.99. The van der Waals surface area contributed by atoms with Crippen molar-refractivity contribution >= 4 is 16.7 Å². The number of nitrogens with one attached hydrogen (secondary N) is 1. The van der Waals surface area contributed by atoms with Crippen LogP contribution in [0.15, 0.2) is 73.1 Å². The first-order valence-electron chi connectivity index (χ1n) is 8.90. The molecule has 0 amide bonds. The SMILES string of the molecule is c1ccc2c(c1)CCC2Nc1nc(-c2ccncc2)nc2ccccc12. The molecule has 0 aliphatic heterocycles. The molecule has 0 fully saturated rings. The van der Waals surface area contributed by atoms with Gasteiger partial charge in [-0.2, -0.15) is 0 Å². The molecule has 4 nitrogen and oxygen atoms in total. The number of para-hydroxylation sites is 1. The molecule has 1 unspecified atom stereocenters. The molecule has 1 aliphatic rings. The molecule has 0 spiro atoms. The molecule has 1 N–H and O–H groups in total. The largest absolute Gasteiger partial charge is 0.363 e. The van der Waals surface area contributed by atoms with E-state index in [-0.39, 0.29) is 6.04 Å². The van der Waals surface area contributed by atoms with Gasteiger partial charge >= 0.3 is 0 Å². The van der Waals surface area contributed by atoms with Crippen molar-refractivity contribution in [3.05, 3.63) is 84.2 Å². The molecule has 4 heteroatoms. The van der Waals surface area contributed by atoms with Gasteiger partial charge in [0.1, 0.15) is 5.82 Å². The zero-order valence-electron chi connectivity index (χ0n) is 14.3. The molecule has 2 aromatic heterocycles. The summed E-state index contributed by atoms with van der Waals surface area (Å²) >= 11 is 0. The van der Waals surface area contributed by atoms with Crippen molar-refractivity contribution in [2.45, 2.75) is 18.9 Å². The number of hydrogen-bond donors (Lipinski definition) is 1. The van der Waals surface area contributed by atoms with Gasteiger partial charge in [0.2, 0.25) is 0 Å². The molecule has 26 heavy (non-hydrogen) atoms. The highest BCUT2D eigenvalue weighted by atomic mass is 15.1. The highest BCUT2D eigenvalue weighted by Gasteiger charge is 2.23. The number of benzene rings is 2. The summed E-state index contributed by atoms with van der Waals surface area (Å²) in [6.07, 6.45) is 5.73. The van der Waals surface area contributed by atoms with Crippen LogP contribution in [0.25, 0.3) is 22.3 Å². The van der Waals surface area contributed by atoms with Crippen molar-refractivity contribution in [2.24, 2.45) is 0 Å². The Morgan fingerprint density at radius 2 is 1.65 bits per heavy atom. The summed E-state index contributed by atoms with van der Waals surface area (Å²) in [4.78, 5) is 13.7. The number of aryl methyl sites for hydroxylation is 1. The van der Waals surface area contributed by atoms with E-state index in [0.717, 1.165) is 41.0 Å². The van der Waals surface area contributed by atoms with Crippen LogP contribution in [0.2, 0.25) is 0 Å². The maximum absolute atomic E-state index is 4.86. The van der Waals surface area contributed by atoms with Gasteiger partial charge in [-0.05, 0) is 48.2 Å². The van der Waals surface area contributed by atoms with Gasteiger partial charge in [0, 0.05) is 23.3 Å². The van der Waals surface area contributed by atoms with Gasteiger partial charge < -0.3 is 5.32 Å². The Morgan fingerprint density at radius 3 is 2.58 bits per heavy atom. The summed E-state index contributed by atoms with van der Waals surface area (Å²) in [6.45, 7) is 0. The number of aromatic nitrogens is 3. The highest BCUT2D eigenvalue weighted by Crippen LogP contribution is 2.35. The smallest absolute Gasteiger partial charge is 0.162 e. The molecule has 5 rings (SSSR count). The Kier molecular flexibility index (Phi) is 3.60. The maximum Gasteiger partial charge on any atom is 0.162 e. The number of rotatable bonds is 3. The average Bonchev–Trinajstić information content (AvgIpc) is 3.11. The Hall–Kier alpha value is -3.27. The quantitative estimate of drug-likeness (QED) is 0.583. The average molecular weight is 338 g/mol. The summed E-state index contributed by atoms with van der Waals surface area (Å²) in [5.74, 6) is 1.61. The predicted octanol–water partition coefficient (Wildman–Crippen LogP) is 4.79. The number of nitrogens with zero attached hydrogens (tertiary/aromatic N) is 3. The minimum Gasteiger partial charge on any atom is -0.363 e. The Morgan fingerprint density at radius 1 is 0.846 bits per heavy atom. The topological polar surface area (TPSA) is 50.7 Å². The first-order chi connectivity index (χ1) is 12.9. The van der Waals surface area contributed by atoms with Gasteiger partial charge in [0.15, 0.2) is 5.82 Å². The fourth-order valence-corrected chi connectivity index (χ4v) is 3.69. The lowest BCUT2D eigenvalue weighted by molar-refractivity contribution is 0.758. The van der Waals surface area contributed by atoms with Gasteiger partial charge in [-0.15, -0.1) is 0 Å². The first kappa shape index (κ1) is 15.0. The van der Waals surface area contributed by atoms with Gasteiger partial charge in [-0.1, -0.05) is 36.4 Å². The third-order valence-corrected chi connectivity index (χ3v) is 4.99. The van der Waals surface area contributed by atoms with Crippen molar-refractivity contribution in [1.82, 2.24) is 15.0 Å². The molecule has 1 atom stereocenters. The molecule has 0 saturated carbocycles. The monoisotopic (exact) mass is 338 g/mol. The Labute approximate surface area is 152 Å². The molecule has 2 aromatic carbocycles. The van der Waals surface area contributed by atoms with E-state index < -0.39 is 0 Å². The van der Waals surface area contributed by atoms with Crippen molar-refractivity contribution in [2.75, 3.05) is 5.32 Å². The van der Waals surface area contributed by atoms with E-state index in [4.69, 9.17) is 9.97 Å². The maximum atomic E-state index is 4.86. The Balaban J connectivity index is 1.61. The van der Waals surface area contributed by atoms with Crippen LogP contribution in [0.5, 0.6) is 0 Å². The summed E-state index contributed by atoms with van der Waals surface area (Å²) < 4.78 is 0. The standard InChI is InChI=1S/C22H18N4/c1-2-6-17-15(5-1)9-10-20(17)25-22-18-7-3-4-8-19(18)24-21(26-22)16-11-13-23-14-12-16/h1-8,11-14,20H,9-10H2,(H,24,25,26).